The lowest BCUT2D eigenvalue weighted by Gasteiger charge is -2.15. The van der Waals surface area contributed by atoms with Crippen LogP contribution < -0.4 is 0 Å². The zero-order valence-electron chi connectivity index (χ0n) is 32.4. The molecule has 1 N–H and O–H groups in total. The number of ether oxygens (including phenoxy) is 2. The van der Waals surface area contributed by atoms with Crippen molar-refractivity contribution in [2.24, 2.45) is 0 Å². The molecule has 0 radical (unpaired) electrons. The van der Waals surface area contributed by atoms with E-state index in [0.717, 1.165) is 38.5 Å². The van der Waals surface area contributed by atoms with Gasteiger partial charge in [0.1, 0.15) is 6.10 Å². The van der Waals surface area contributed by atoms with Crippen molar-refractivity contribution < 1.29 is 19.4 Å². The van der Waals surface area contributed by atoms with E-state index in [-0.39, 0.29) is 25.6 Å². The summed E-state index contributed by atoms with van der Waals surface area (Å²) >= 11 is 0. The molecule has 4 heteroatoms. The van der Waals surface area contributed by atoms with Crippen LogP contribution in [-0.4, -0.2) is 37.0 Å². The molecule has 0 heterocycles. The first-order valence-corrected chi connectivity index (χ1v) is 20.9. The van der Waals surface area contributed by atoms with E-state index in [0.29, 0.717) is 6.61 Å². The van der Waals surface area contributed by atoms with E-state index in [1.165, 1.54) is 135 Å². The number of carbonyl (C=O) groups is 1. The fourth-order valence-electron chi connectivity index (χ4n) is 5.82. The Balaban J connectivity index is 3.48. The summed E-state index contributed by atoms with van der Waals surface area (Å²) in [7, 11) is 0. The van der Waals surface area contributed by atoms with Crippen LogP contribution in [0.15, 0.2) is 60.8 Å². The molecular weight excluding hydrogens is 604 g/mol. The fraction of sp³-hybridized carbons (Fsp3) is 0.756. The maximum Gasteiger partial charge on any atom is 0.310 e. The summed E-state index contributed by atoms with van der Waals surface area (Å²) in [5, 5.41) is 9.57. The SMILES string of the molecule is CC/C=C\C/C=C\C/C=C\C/C=C\C/C=C\CC(=O)OC(CO)COCCCCCCCCCCCCCCCCCCCCCCCC. The zero-order chi connectivity index (χ0) is 35.6. The quantitative estimate of drug-likeness (QED) is 0.0399. The van der Waals surface area contributed by atoms with Crippen LogP contribution in [0.5, 0.6) is 0 Å². The molecule has 1 unspecified atom stereocenters. The molecule has 0 rings (SSSR count). The van der Waals surface area contributed by atoms with Crippen LogP contribution in [0.3, 0.4) is 0 Å². The molecule has 284 valence electrons. The summed E-state index contributed by atoms with van der Waals surface area (Å²) in [4.78, 5) is 12.1. The normalized spacial score (nSPS) is 13.0. The highest BCUT2D eigenvalue weighted by molar-refractivity contribution is 5.71. The Morgan fingerprint density at radius 3 is 1.20 bits per heavy atom. The third-order valence-corrected chi connectivity index (χ3v) is 8.89. The van der Waals surface area contributed by atoms with Gasteiger partial charge in [-0.2, -0.15) is 0 Å². The third kappa shape index (κ3) is 40.4. The fourth-order valence-corrected chi connectivity index (χ4v) is 5.82. The Kier molecular flexibility index (Phi) is 40.6. The first-order valence-electron chi connectivity index (χ1n) is 20.9. The Bertz CT molecular complexity index is 809. The summed E-state index contributed by atoms with van der Waals surface area (Å²) in [6.07, 6.45) is 56.0. The van der Waals surface area contributed by atoms with E-state index in [4.69, 9.17) is 9.47 Å². The van der Waals surface area contributed by atoms with E-state index in [1.807, 2.05) is 12.2 Å². The van der Waals surface area contributed by atoms with Crippen LogP contribution in [0.2, 0.25) is 0 Å². The third-order valence-electron chi connectivity index (χ3n) is 8.89. The standard InChI is InChI=1S/C45H80O4/c1-3-5-7-9-11-13-15-17-19-20-21-22-23-24-25-27-29-31-33-35-37-39-41-48-43-44(42-46)49-45(47)40-38-36-34-32-30-28-26-18-16-14-12-10-8-6-4-2/h6,8,12,14,18,26,30,32,36,38,44,46H,3-5,7,9-11,13,15-17,19-25,27-29,31,33-35,37,39-43H2,1-2H3/b8-6-,14-12-,26-18-,32-30-,38-36-. The highest BCUT2D eigenvalue weighted by atomic mass is 16.6. The van der Waals surface area contributed by atoms with E-state index in [1.54, 1.807) is 0 Å². The van der Waals surface area contributed by atoms with Crippen molar-refractivity contribution >= 4 is 5.97 Å². The summed E-state index contributed by atoms with van der Waals surface area (Å²) in [6, 6.07) is 0. The van der Waals surface area contributed by atoms with Gasteiger partial charge in [-0.1, -0.05) is 209 Å². The van der Waals surface area contributed by atoms with E-state index in [9.17, 15) is 9.90 Å². The molecule has 0 spiro atoms. The molecule has 0 saturated heterocycles. The van der Waals surface area contributed by atoms with Crippen molar-refractivity contribution in [2.45, 2.75) is 200 Å². The molecule has 1 atom stereocenters. The average molecular weight is 685 g/mol. The number of unbranched alkanes of at least 4 members (excludes halogenated alkanes) is 21. The molecule has 0 aromatic heterocycles. The van der Waals surface area contributed by atoms with Gasteiger partial charge < -0.3 is 14.6 Å². The molecule has 0 aliphatic rings. The molecule has 0 fully saturated rings. The molecule has 0 aliphatic heterocycles. The molecule has 0 aromatic carbocycles. The Morgan fingerprint density at radius 2 is 0.837 bits per heavy atom. The van der Waals surface area contributed by atoms with Gasteiger partial charge in [0.25, 0.3) is 0 Å². The maximum absolute atomic E-state index is 12.1. The maximum atomic E-state index is 12.1. The topological polar surface area (TPSA) is 55.8 Å². The first-order chi connectivity index (χ1) is 24.2. The predicted molar refractivity (Wildman–Crippen MR) is 214 cm³/mol. The monoisotopic (exact) mass is 685 g/mol. The van der Waals surface area contributed by atoms with Crippen molar-refractivity contribution in [3.05, 3.63) is 60.8 Å². The minimum Gasteiger partial charge on any atom is -0.457 e. The van der Waals surface area contributed by atoms with Crippen LogP contribution in [-0.2, 0) is 14.3 Å². The van der Waals surface area contributed by atoms with Crippen LogP contribution in [0.25, 0.3) is 0 Å². The van der Waals surface area contributed by atoms with Gasteiger partial charge in [-0.05, 0) is 38.5 Å². The minimum absolute atomic E-state index is 0.212. The molecule has 0 amide bonds. The van der Waals surface area contributed by atoms with Gasteiger partial charge in [-0.3, -0.25) is 4.79 Å². The van der Waals surface area contributed by atoms with E-state index in [2.05, 4.69) is 62.5 Å². The van der Waals surface area contributed by atoms with Crippen molar-refractivity contribution in [1.82, 2.24) is 0 Å². The van der Waals surface area contributed by atoms with Crippen LogP contribution in [0.4, 0.5) is 0 Å². The average Bonchev–Trinajstić information content (AvgIpc) is 3.11. The summed E-state index contributed by atoms with van der Waals surface area (Å²) < 4.78 is 11.1. The first kappa shape index (κ1) is 47.1. The van der Waals surface area contributed by atoms with Gasteiger partial charge >= 0.3 is 5.97 Å². The highest BCUT2D eigenvalue weighted by Gasteiger charge is 2.12. The van der Waals surface area contributed by atoms with Gasteiger partial charge in [-0.25, -0.2) is 0 Å². The second-order valence-electron chi connectivity index (χ2n) is 13.7. The number of esters is 1. The number of hydrogen-bond donors (Lipinski definition) is 1. The minimum atomic E-state index is -0.588. The number of aliphatic hydroxyl groups is 1. The summed E-state index contributed by atoms with van der Waals surface area (Å²) in [5.74, 6) is -0.326. The van der Waals surface area contributed by atoms with Crippen molar-refractivity contribution in [2.75, 3.05) is 19.8 Å². The molecule has 0 aliphatic carbocycles. The van der Waals surface area contributed by atoms with Crippen LogP contribution in [0.1, 0.15) is 194 Å². The lowest BCUT2D eigenvalue weighted by atomic mass is 10.0. The smallest absolute Gasteiger partial charge is 0.310 e. The lowest BCUT2D eigenvalue weighted by molar-refractivity contribution is -0.153. The Labute approximate surface area is 305 Å². The number of hydrogen-bond acceptors (Lipinski definition) is 4. The summed E-state index contributed by atoms with van der Waals surface area (Å²) in [6.45, 7) is 5.14. The van der Waals surface area contributed by atoms with Crippen LogP contribution in [0, 0.1) is 0 Å². The number of aliphatic hydroxyl groups excluding tert-OH is 1. The van der Waals surface area contributed by atoms with E-state index >= 15 is 0 Å². The molecule has 0 bridgehead atoms. The Morgan fingerprint density at radius 1 is 0.490 bits per heavy atom. The van der Waals surface area contributed by atoms with Gasteiger partial charge in [0.15, 0.2) is 0 Å². The van der Waals surface area contributed by atoms with Gasteiger partial charge in [0.2, 0.25) is 0 Å². The number of rotatable bonds is 38. The van der Waals surface area contributed by atoms with Crippen LogP contribution >= 0.6 is 0 Å². The molecular formula is C45H80O4. The van der Waals surface area contributed by atoms with Gasteiger partial charge in [0, 0.05) is 6.61 Å². The van der Waals surface area contributed by atoms with Crippen molar-refractivity contribution in [1.29, 1.82) is 0 Å². The largest absolute Gasteiger partial charge is 0.457 e. The van der Waals surface area contributed by atoms with Crippen molar-refractivity contribution in [3.8, 4) is 0 Å². The van der Waals surface area contributed by atoms with Crippen molar-refractivity contribution in [3.63, 3.8) is 0 Å². The number of carbonyl (C=O) groups excluding carboxylic acids is 1. The van der Waals surface area contributed by atoms with E-state index < -0.39 is 6.10 Å². The second-order valence-corrected chi connectivity index (χ2v) is 13.7. The zero-order valence-corrected chi connectivity index (χ0v) is 32.4. The predicted octanol–water partition coefficient (Wildman–Crippen LogP) is 13.7. The second kappa shape index (κ2) is 42.3. The number of allylic oxidation sites excluding steroid dienone is 9. The highest BCUT2D eigenvalue weighted by Crippen LogP contribution is 2.15. The lowest BCUT2D eigenvalue weighted by Crippen LogP contribution is -2.27. The molecule has 4 nitrogen and oxygen atoms in total. The van der Waals surface area contributed by atoms with Gasteiger partial charge in [0.05, 0.1) is 19.6 Å². The Hall–Kier alpha value is -1.91. The van der Waals surface area contributed by atoms with Gasteiger partial charge in [-0.15, -0.1) is 0 Å². The molecule has 0 aromatic rings. The summed E-state index contributed by atoms with van der Waals surface area (Å²) in [5.41, 5.74) is 0. The molecule has 49 heavy (non-hydrogen) atoms. The molecule has 0 saturated carbocycles.